The standard InChI is InChI=1S/C13H14FN3O/c1-17-10(7-14)6-12(16)11-5-9(8-15)3-4-13(11)18-2/h3-6,16-17H,7H2,1-2H3/b10-6-,16-12?. The molecule has 5 heteroatoms. The molecule has 0 aromatic heterocycles. The molecule has 2 N–H and O–H groups in total. The molecule has 0 amide bonds. The van der Waals surface area contributed by atoms with Gasteiger partial charge in [-0.2, -0.15) is 5.26 Å². The lowest BCUT2D eigenvalue weighted by Crippen LogP contribution is -2.11. The predicted molar refractivity (Wildman–Crippen MR) is 67.7 cm³/mol. The highest BCUT2D eigenvalue weighted by Crippen LogP contribution is 2.20. The minimum atomic E-state index is -0.681. The first-order chi connectivity index (χ1) is 8.65. The van der Waals surface area contributed by atoms with Crippen LogP contribution in [0.5, 0.6) is 5.75 Å². The summed E-state index contributed by atoms with van der Waals surface area (Å²) in [6, 6.07) is 6.76. The molecule has 1 aromatic carbocycles. The molecule has 0 saturated heterocycles. The zero-order chi connectivity index (χ0) is 13.5. The van der Waals surface area contributed by atoms with E-state index in [1.165, 1.54) is 13.2 Å². The summed E-state index contributed by atoms with van der Waals surface area (Å²) in [4.78, 5) is 0. The molecule has 0 atom stereocenters. The number of nitrogens with one attached hydrogen (secondary N) is 2. The molecule has 0 radical (unpaired) electrons. The van der Waals surface area contributed by atoms with Gasteiger partial charge in [-0.1, -0.05) is 0 Å². The van der Waals surface area contributed by atoms with Gasteiger partial charge < -0.3 is 15.5 Å². The van der Waals surface area contributed by atoms with Crippen LogP contribution >= 0.6 is 0 Å². The van der Waals surface area contributed by atoms with Gasteiger partial charge in [-0.25, -0.2) is 4.39 Å². The quantitative estimate of drug-likeness (QED) is 0.782. The van der Waals surface area contributed by atoms with Gasteiger partial charge in [0, 0.05) is 18.3 Å². The molecule has 0 spiro atoms. The Balaban J connectivity index is 3.19. The molecular formula is C13H14FN3O. The van der Waals surface area contributed by atoms with E-state index < -0.39 is 6.67 Å². The van der Waals surface area contributed by atoms with Crippen LogP contribution in [0.3, 0.4) is 0 Å². The summed E-state index contributed by atoms with van der Waals surface area (Å²) in [7, 11) is 3.07. The number of nitrogens with zero attached hydrogens (tertiary/aromatic N) is 1. The number of alkyl halides is 1. The van der Waals surface area contributed by atoms with Crippen molar-refractivity contribution in [1.29, 1.82) is 10.7 Å². The first kappa shape index (κ1) is 13.7. The van der Waals surface area contributed by atoms with Crippen LogP contribution in [0.4, 0.5) is 4.39 Å². The van der Waals surface area contributed by atoms with Crippen LogP contribution in [0.2, 0.25) is 0 Å². The maximum atomic E-state index is 12.6. The number of hydrogen-bond acceptors (Lipinski definition) is 4. The first-order valence-corrected chi connectivity index (χ1v) is 5.27. The van der Waals surface area contributed by atoms with Gasteiger partial charge in [-0.3, -0.25) is 0 Å². The Morgan fingerprint density at radius 2 is 2.33 bits per heavy atom. The van der Waals surface area contributed by atoms with Crippen molar-refractivity contribution >= 4 is 5.71 Å². The van der Waals surface area contributed by atoms with E-state index in [0.717, 1.165) is 0 Å². The fourth-order valence-corrected chi connectivity index (χ4v) is 1.42. The number of ether oxygens (including phenoxy) is 1. The summed E-state index contributed by atoms with van der Waals surface area (Å²) < 4.78 is 17.7. The average Bonchev–Trinajstić information content (AvgIpc) is 2.43. The summed E-state index contributed by atoms with van der Waals surface area (Å²) in [5.74, 6) is 0.476. The van der Waals surface area contributed by atoms with Crippen LogP contribution in [0, 0.1) is 16.7 Å². The van der Waals surface area contributed by atoms with Crippen molar-refractivity contribution in [2.45, 2.75) is 0 Å². The molecule has 0 fully saturated rings. The molecule has 0 aliphatic carbocycles. The average molecular weight is 247 g/mol. The van der Waals surface area contributed by atoms with Crippen LogP contribution in [0.1, 0.15) is 11.1 Å². The summed E-state index contributed by atoms with van der Waals surface area (Å²) in [6.45, 7) is -0.681. The Bertz CT molecular complexity index is 511. The van der Waals surface area contributed by atoms with E-state index >= 15 is 0 Å². The Labute approximate surface area is 105 Å². The number of halogens is 1. The monoisotopic (exact) mass is 247 g/mol. The molecule has 0 aliphatic heterocycles. The largest absolute Gasteiger partial charge is 0.496 e. The number of allylic oxidation sites excluding steroid dienone is 2. The van der Waals surface area contributed by atoms with Crippen LogP contribution in [0.25, 0.3) is 0 Å². The van der Waals surface area contributed by atoms with E-state index in [1.54, 1.807) is 25.2 Å². The van der Waals surface area contributed by atoms with Gasteiger partial charge in [-0.05, 0) is 24.3 Å². The highest BCUT2D eigenvalue weighted by Gasteiger charge is 2.09. The van der Waals surface area contributed by atoms with Crippen LogP contribution < -0.4 is 10.1 Å². The van der Waals surface area contributed by atoms with Gasteiger partial charge in [-0.15, -0.1) is 0 Å². The molecule has 0 heterocycles. The van der Waals surface area contributed by atoms with E-state index in [4.69, 9.17) is 15.4 Å². The highest BCUT2D eigenvalue weighted by atomic mass is 19.1. The molecule has 94 valence electrons. The summed E-state index contributed by atoms with van der Waals surface area (Å²) in [5.41, 5.74) is 1.27. The molecule has 0 aliphatic rings. The first-order valence-electron chi connectivity index (χ1n) is 5.27. The molecule has 0 bridgehead atoms. The van der Waals surface area contributed by atoms with Crippen molar-refractivity contribution in [1.82, 2.24) is 5.32 Å². The van der Waals surface area contributed by atoms with Gasteiger partial charge in [0.15, 0.2) is 0 Å². The zero-order valence-corrected chi connectivity index (χ0v) is 10.2. The van der Waals surface area contributed by atoms with Crippen LogP contribution in [0.15, 0.2) is 30.0 Å². The summed E-state index contributed by atoms with van der Waals surface area (Å²) in [5, 5.41) is 19.4. The van der Waals surface area contributed by atoms with Crippen LogP contribution in [-0.2, 0) is 0 Å². The molecule has 1 aromatic rings. The van der Waals surface area contributed by atoms with Crippen molar-refractivity contribution in [3.63, 3.8) is 0 Å². The normalized spacial score (nSPS) is 10.7. The van der Waals surface area contributed by atoms with E-state index in [2.05, 4.69) is 5.32 Å². The summed E-state index contributed by atoms with van der Waals surface area (Å²) in [6.07, 6.45) is 1.37. The Morgan fingerprint density at radius 1 is 1.61 bits per heavy atom. The Kier molecular flexibility index (Phi) is 4.88. The fraction of sp³-hybridized carbons (Fsp3) is 0.231. The molecule has 0 unspecified atom stereocenters. The maximum absolute atomic E-state index is 12.6. The number of hydrogen-bond donors (Lipinski definition) is 2. The minimum Gasteiger partial charge on any atom is -0.496 e. The van der Waals surface area contributed by atoms with Crippen LogP contribution in [-0.4, -0.2) is 26.5 Å². The van der Waals surface area contributed by atoms with Crippen molar-refractivity contribution in [2.75, 3.05) is 20.8 Å². The summed E-state index contributed by atoms with van der Waals surface area (Å²) >= 11 is 0. The molecule has 0 saturated carbocycles. The van der Waals surface area contributed by atoms with Crippen molar-refractivity contribution in [3.8, 4) is 11.8 Å². The SMILES string of the molecule is CN/C(=C\C(=N)c1cc(C#N)ccc1OC)CF. The number of rotatable bonds is 5. The second-order valence-electron chi connectivity index (χ2n) is 3.49. The number of nitriles is 1. The maximum Gasteiger partial charge on any atom is 0.129 e. The van der Waals surface area contributed by atoms with Gasteiger partial charge >= 0.3 is 0 Å². The molecule has 18 heavy (non-hydrogen) atoms. The third-order valence-corrected chi connectivity index (χ3v) is 2.40. The lowest BCUT2D eigenvalue weighted by atomic mass is 10.0. The third kappa shape index (κ3) is 3.08. The molecule has 4 nitrogen and oxygen atoms in total. The number of methoxy groups -OCH3 is 1. The molecular weight excluding hydrogens is 233 g/mol. The van der Waals surface area contributed by atoms with Gasteiger partial charge in [0.1, 0.15) is 12.4 Å². The van der Waals surface area contributed by atoms with E-state index in [0.29, 0.717) is 22.6 Å². The fourth-order valence-electron chi connectivity index (χ4n) is 1.42. The van der Waals surface area contributed by atoms with Crippen molar-refractivity contribution in [2.24, 2.45) is 0 Å². The van der Waals surface area contributed by atoms with Gasteiger partial charge in [0.2, 0.25) is 0 Å². The topological polar surface area (TPSA) is 68.9 Å². The van der Waals surface area contributed by atoms with E-state index in [-0.39, 0.29) is 5.71 Å². The van der Waals surface area contributed by atoms with Gasteiger partial charge in [0.05, 0.1) is 24.5 Å². The lowest BCUT2D eigenvalue weighted by Gasteiger charge is -2.09. The van der Waals surface area contributed by atoms with Crippen molar-refractivity contribution < 1.29 is 9.13 Å². The van der Waals surface area contributed by atoms with E-state index in [9.17, 15) is 4.39 Å². The van der Waals surface area contributed by atoms with Gasteiger partial charge in [0.25, 0.3) is 0 Å². The smallest absolute Gasteiger partial charge is 0.129 e. The number of benzene rings is 1. The minimum absolute atomic E-state index is 0.0888. The lowest BCUT2D eigenvalue weighted by molar-refractivity contribution is 0.414. The van der Waals surface area contributed by atoms with Crippen molar-refractivity contribution in [3.05, 3.63) is 41.1 Å². The highest BCUT2D eigenvalue weighted by molar-refractivity contribution is 6.09. The molecule has 1 rings (SSSR count). The second-order valence-corrected chi connectivity index (χ2v) is 3.49. The predicted octanol–water partition coefficient (Wildman–Crippen LogP) is 2.01. The second kappa shape index (κ2) is 6.40. The zero-order valence-electron chi connectivity index (χ0n) is 10.2. The Hall–Kier alpha value is -2.35. The third-order valence-electron chi connectivity index (χ3n) is 2.40. The Morgan fingerprint density at radius 3 is 2.83 bits per heavy atom. The van der Waals surface area contributed by atoms with E-state index in [1.807, 2.05) is 6.07 Å².